The van der Waals surface area contributed by atoms with Gasteiger partial charge in [0.2, 0.25) is 5.91 Å². The standard InChI is InChI=1S/C13H23N5O/c1-10(2)18-12(4-5-15-18)16-13(19)9-17-7-6-14-11(3)8-17/h4-5,10-11,14H,6-9H2,1-3H3,(H,16,19)/t11-/m1/s1. The number of piperazine rings is 1. The molecule has 0 aliphatic carbocycles. The summed E-state index contributed by atoms with van der Waals surface area (Å²) in [5.41, 5.74) is 0. The normalized spacial score (nSPS) is 20.7. The molecular weight excluding hydrogens is 242 g/mol. The number of hydrogen-bond acceptors (Lipinski definition) is 4. The van der Waals surface area contributed by atoms with Gasteiger partial charge in [0.15, 0.2) is 0 Å². The van der Waals surface area contributed by atoms with E-state index in [9.17, 15) is 4.79 Å². The summed E-state index contributed by atoms with van der Waals surface area (Å²) in [7, 11) is 0. The number of anilines is 1. The lowest BCUT2D eigenvalue weighted by Crippen LogP contribution is -2.51. The zero-order valence-electron chi connectivity index (χ0n) is 11.9. The van der Waals surface area contributed by atoms with E-state index < -0.39 is 0 Å². The third-order valence-electron chi connectivity index (χ3n) is 3.25. The number of rotatable bonds is 4. The highest BCUT2D eigenvalue weighted by atomic mass is 16.2. The topological polar surface area (TPSA) is 62.2 Å². The van der Waals surface area contributed by atoms with Gasteiger partial charge in [0, 0.05) is 37.8 Å². The second-order valence-corrected chi connectivity index (χ2v) is 5.39. The fraction of sp³-hybridized carbons (Fsp3) is 0.692. The molecule has 6 heteroatoms. The summed E-state index contributed by atoms with van der Waals surface area (Å²) in [5, 5.41) is 10.5. The summed E-state index contributed by atoms with van der Waals surface area (Å²) in [6.45, 7) is 9.44. The maximum absolute atomic E-state index is 12.0. The summed E-state index contributed by atoms with van der Waals surface area (Å²) in [6.07, 6.45) is 1.71. The van der Waals surface area contributed by atoms with Gasteiger partial charge in [-0.25, -0.2) is 4.68 Å². The number of aromatic nitrogens is 2. The predicted molar refractivity (Wildman–Crippen MR) is 75.1 cm³/mol. The number of amides is 1. The van der Waals surface area contributed by atoms with Crippen molar-refractivity contribution in [2.75, 3.05) is 31.5 Å². The highest BCUT2D eigenvalue weighted by Crippen LogP contribution is 2.13. The van der Waals surface area contributed by atoms with Crippen LogP contribution in [-0.4, -0.2) is 52.8 Å². The van der Waals surface area contributed by atoms with Gasteiger partial charge in [-0.05, 0) is 20.8 Å². The number of carbonyl (C=O) groups is 1. The van der Waals surface area contributed by atoms with E-state index in [1.54, 1.807) is 6.20 Å². The van der Waals surface area contributed by atoms with Gasteiger partial charge in [-0.1, -0.05) is 0 Å². The van der Waals surface area contributed by atoms with Gasteiger partial charge in [0.1, 0.15) is 5.82 Å². The Bertz CT molecular complexity index is 428. The molecule has 106 valence electrons. The molecule has 2 heterocycles. The Labute approximate surface area is 114 Å². The average Bonchev–Trinajstić information content (AvgIpc) is 2.76. The molecule has 19 heavy (non-hydrogen) atoms. The lowest BCUT2D eigenvalue weighted by Gasteiger charge is -2.31. The highest BCUT2D eigenvalue weighted by Gasteiger charge is 2.18. The van der Waals surface area contributed by atoms with E-state index >= 15 is 0 Å². The average molecular weight is 265 g/mol. The van der Waals surface area contributed by atoms with Gasteiger partial charge in [-0.3, -0.25) is 9.69 Å². The SMILES string of the molecule is CC(C)n1nccc1NC(=O)CN1CCN[C@H](C)C1. The Balaban J connectivity index is 1.88. The molecule has 1 aromatic rings. The maximum atomic E-state index is 12.0. The molecule has 1 amide bonds. The van der Waals surface area contributed by atoms with E-state index in [-0.39, 0.29) is 11.9 Å². The summed E-state index contributed by atoms with van der Waals surface area (Å²) >= 11 is 0. The first-order valence-corrected chi connectivity index (χ1v) is 6.85. The summed E-state index contributed by atoms with van der Waals surface area (Å²) in [5.74, 6) is 0.791. The molecular formula is C13H23N5O. The summed E-state index contributed by atoms with van der Waals surface area (Å²) in [4.78, 5) is 14.2. The molecule has 1 aliphatic rings. The van der Waals surface area contributed by atoms with Crippen molar-refractivity contribution in [1.29, 1.82) is 0 Å². The minimum absolute atomic E-state index is 0.0245. The smallest absolute Gasteiger partial charge is 0.239 e. The van der Waals surface area contributed by atoms with Crippen LogP contribution in [0.3, 0.4) is 0 Å². The zero-order valence-corrected chi connectivity index (χ0v) is 11.9. The van der Waals surface area contributed by atoms with Gasteiger partial charge in [0.05, 0.1) is 12.7 Å². The summed E-state index contributed by atoms with van der Waals surface area (Å²) in [6, 6.07) is 2.52. The Morgan fingerprint density at radius 2 is 2.42 bits per heavy atom. The Kier molecular flexibility index (Phi) is 4.55. The van der Waals surface area contributed by atoms with E-state index in [4.69, 9.17) is 0 Å². The van der Waals surface area contributed by atoms with Crippen molar-refractivity contribution in [2.24, 2.45) is 0 Å². The van der Waals surface area contributed by atoms with Crippen molar-refractivity contribution >= 4 is 11.7 Å². The number of nitrogens with zero attached hydrogens (tertiary/aromatic N) is 3. The van der Waals surface area contributed by atoms with Crippen LogP contribution in [0, 0.1) is 0 Å². The number of hydrogen-bond donors (Lipinski definition) is 2. The lowest BCUT2D eigenvalue weighted by molar-refractivity contribution is -0.117. The Morgan fingerprint density at radius 3 is 3.11 bits per heavy atom. The van der Waals surface area contributed by atoms with E-state index in [0.29, 0.717) is 12.6 Å². The van der Waals surface area contributed by atoms with Crippen LogP contribution >= 0.6 is 0 Å². The molecule has 0 aromatic carbocycles. The van der Waals surface area contributed by atoms with Crippen LogP contribution in [0.1, 0.15) is 26.8 Å². The van der Waals surface area contributed by atoms with Crippen molar-refractivity contribution in [1.82, 2.24) is 20.0 Å². The lowest BCUT2D eigenvalue weighted by atomic mass is 10.2. The third-order valence-corrected chi connectivity index (χ3v) is 3.25. The Morgan fingerprint density at radius 1 is 1.63 bits per heavy atom. The largest absolute Gasteiger partial charge is 0.312 e. The quantitative estimate of drug-likeness (QED) is 0.841. The number of carbonyl (C=O) groups excluding carboxylic acids is 1. The fourth-order valence-corrected chi connectivity index (χ4v) is 2.37. The number of nitrogens with one attached hydrogen (secondary N) is 2. The van der Waals surface area contributed by atoms with Crippen LogP contribution in [-0.2, 0) is 4.79 Å². The Hall–Kier alpha value is -1.40. The second kappa shape index (κ2) is 6.16. The van der Waals surface area contributed by atoms with E-state index in [1.807, 2.05) is 24.6 Å². The zero-order chi connectivity index (χ0) is 13.8. The van der Waals surface area contributed by atoms with Crippen LogP contribution in [0.5, 0.6) is 0 Å². The van der Waals surface area contributed by atoms with E-state index in [0.717, 1.165) is 25.5 Å². The molecule has 1 saturated heterocycles. The van der Waals surface area contributed by atoms with Crippen LogP contribution < -0.4 is 10.6 Å². The molecule has 0 spiro atoms. The van der Waals surface area contributed by atoms with E-state index in [2.05, 4.69) is 27.6 Å². The molecule has 0 bridgehead atoms. The molecule has 1 fully saturated rings. The third kappa shape index (κ3) is 3.78. The van der Waals surface area contributed by atoms with Crippen LogP contribution in [0.15, 0.2) is 12.3 Å². The molecule has 1 atom stereocenters. The fourth-order valence-electron chi connectivity index (χ4n) is 2.37. The van der Waals surface area contributed by atoms with Crippen LogP contribution in [0.2, 0.25) is 0 Å². The first kappa shape index (κ1) is 14.0. The molecule has 6 nitrogen and oxygen atoms in total. The monoisotopic (exact) mass is 265 g/mol. The van der Waals surface area contributed by atoms with Crippen LogP contribution in [0.25, 0.3) is 0 Å². The molecule has 2 N–H and O–H groups in total. The van der Waals surface area contributed by atoms with Gasteiger partial charge in [-0.15, -0.1) is 0 Å². The highest BCUT2D eigenvalue weighted by molar-refractivity contribution is 5.91. The first-order chi connectivity index (χ1) is 9.06. The maximum Gasteiger partial charge on any atom is 0.239 e. The predicted octanol–water partition coefficient (Wildman–Crippen LogP) is 0.696. The second-order valence-electron chi connectivity index (χ2n) is 5.39. The van der Waals surface area contributed by atoms with Gasteiger partial charge in [0.25, 0.3) is 0 Å². The first-order valence-electron chi connectivity index (χ1n) is 6.85. The van der Waals surface area contributed by atoms with Crippen molar-refractivity contribution in [2.45, 2.75) is 32.9 Å². The van der Waals surface area contributed by atoms with Crippen molar-refractivity contribution in [3.63, 3.8) is 0 Å². The van der Waals surface area contributed by atoms with Crippen LogP contribution in [0.4, 0.5) is 5.82 Å². The van der Waals surface area contributed by atoms with Gasteiger partial charge in [-0.2, -0.15) is 5.10 Å². The van der Waals surface area contributed by atoms with E-state index in [1.165, 1.54) is 0 Å². The van der Waals surface area contributed by atoms with Crippen molar-refractivity contribution in [3.05, 3.63) is 12.3 Å². The molecule has 0 radical (unpaired) electrons. The van der Waals surface area contributed by atoms with Crippen molar-refractivity contribution < 1.29 is 4.79 Å². The molecule has 1 aliphatic heterocycles. The van der Waals surface area contributed by atoms with Gasteiger partial charge < -0.3 is 10.6 Å². The molecule has 1 aromatic heterocycles. The minimum Gasteiger partial charge on any atom is -0.312 e. The molecule has 0 unspecified atom stereocenters. The van der Waals surface area contributed by atoms with Gasteiger partial charge >= 0.3 is 0 Å². The summed E-state index contributed by atoms with van der Waals surface area (Å²) < 4.78 is 1.82. The molecule has 0 saturated carbocycles. The minimum atomic E-state index is 0.0245. The van der Waals surface area contributed by atoms with Crippen molar-refractivity contribution in [3.8, 4) is 0 Å². The molecule has 2 rings (SSSR count).